The van der Waals surface area contributed by atoms with Crippen molar-refractivity contribution in [3.05, 3.63) is 48.4 Å². The molecule has 0 bridgehead atoms. The van der Waals surface area contributed by atoms with Crippen LogP contribution in [0.5, 0.6) is 23.0 Å². The Bertz CT molecular complexity index is 1190. The fraction of sp³-hybridized carbons (Fsp3) is 0.464. The number of pyridine rings is 1. The second-order valence-electron chi connectivity index (χ2n) is 9.75. The predicted molar refractivity (Wildman–Crippen MR) is 144 cm³/mol. The predicted octanol–water partition coefficient (Wildman–Crippen LogP) is 6.90. The number of hydrogen-bond donors (Lipinski definition) is 1. The largest absolute Gasteiger partial charge is 0.493 e. The van der Waals surface area contributed by atoms with Crippen molar-refractivity contribution in [2.75, 3.05) is 38.1 Å². The summed E-state index contributed by atoms with van der Waals surface area (Å²) in [6.45, 7) is 6.31. The minimum absolute atomic E-state index is 0.163. The van der Waals surface area contributed by atoms with Crippen LogP contribution in [-0.4, -0.2) is 48.5 Å². The molecule has 0 radical (unpaired) electrons. The number of benzene rings is 2. The maximum absolute atomic E-state index is 14.8. The zero-order valence-electron chi connectivity index (χ0n) is 21.0. The standard InChI is InChI=1S/C28H34FN3O3S/c1-19-5-3-12-32(18-19)13-4-14-34-28-17-24-22(16-27(28)33-2)25(10-11-30-24)35-26-9-6-20(15-23(26)29)31-36-21-7-8-21/h6,9-11,15-17,19,21,31H,3-5,7-8,12-14,18H2,1-2H3. The molecule has 8 heteroatoms. The summed E-state index contributed by atoms with van der Waals surface area (Å²) in [4.78, 5) is 7.00. The first-order valence-electron chi connectivity index (χ1n) is 12.8. The average molecular weight is 512 g/mol. The number of methoxy groups -OCH3 is 1. The maximum atomic E-state index is 14.8. The van der Waals surface area contributed by atoms with Gasteiger partial charge in [-0.25, -0.2) is 4.39 Å². The number of ether oxygens (including phenoxy) is 3. The normalized spacial score (nSPS) is 18.2. The van der Waals surface area contributed by atoms with Gasteiger partial charge in [0.2, 0.25) is 0 Å². The summed E-state index contributed by atoms with van der Waals surface area (Å²) >= 11 is 1.64. The molecule has 0 spiro atoms. The molecule has 0 amide bonds. The molecule has 1 atom stereocenters. The van der Waals surface area contributed by atoms with Crippen LogP contribution < -0.4 is 18.9 Å². The molecule has 3 aromatic rings. The van der Waals surface area contributed by atoms with Crippen LogP contribution in [0.25, 0.3) is 10.9 Å². The quantitative estimate of drug-likeness (QED) is 0.222. The number of halogens is 1. The highest BCUT2D eigenvalue weighted by molar-refractivity contribution is 8.01. The van der Waals surface area contributed by atoms with E-state index in [2.05, 4.69) is 21.5 Å². The van der Waals surface area contributed by atoms with Crippen LogP contribution in [0, 0.1) is 11.7 Å². The summed E-state index contributed by atoms with van der Waals surface area (Å²) in [6, 6.07) is 10.4. The van der Waals surface area contributed by atoms with E-state index in [4.69, 9.17) is 14.2 Å². The van der Waals surface area contributed by atoms with E-state index in [0.717, 1.165) is 30.0 Å². The van der Waals surface area contributed by atoms with Gasteiger partial charge in [0.05, 0.1) is 19.2 Å². The summed E-state index contributed by atoms with van der Waals surface area (Å²) in [7, 11) is 1.62. The van der Waals surface area contributed by atoms with Crippen molar-refractivity contribution in [2.45, 2.75) is 44.3 Å². The lowest BCUT2D eigenvalue weighted by Crippen LogP contribution is -2.35. The van der Waals surface area contributed by atoms with Crippen LogP contribution in [0.15, 0.2) is 42.6 Å². The van der Waals surface area contributed by atoms with Crippen molar-refractivity contribution in [2.24, 2.45) is 5.92 Å². The average Bonchev–Trinajstić information content (AvgIpc) is 3.71. The minimum Gasteiger partial charge on any atom is -0.493 e. The fourth-order valence-corrected chi connectivity index (χ4v) is 5.35. The molecule has 2 fully saturated rings. The summed E-state index contributed by atoms with van der Waals surface area (Å²) in [5, 5.41) is 1.37. The van der Waals surface area contributed by atoms with Gasteiger partial charge in [-0.05, 0) is 80.8 Å². The van der Waals surface area contributed by atoms with Crippen LogP contribution in [0.1, 0.15) is 39.0 Å². The Morgan fingerprint density at radius 3 is 2.75 bits per heavy atom. The highest BCUT2D eigenvalue weighted by atomic mass is 32.2. The third-order valence-electron chi connectivity index (χ3n) is 6.62. The second-order valence-corrected chi connectivity index (χ2v) is 10.9. The van der Waals surface area contributed by atoms with E-state index in [1.54, 1.807) is 37.4 Å². The summed E-state index contributed by atoms with van der Waals surface area (Å²) in [5.41, 5.74) is 1.43. The van der Waals surface area contributed by atoms with Gasteiger partial charge < -0.3 is 23.8 Å². The molecular formula is C28H34FN3O3S. The van der Waals surface area contributed by atoms with Crippen LogP contribution in [0.2, 0.25) is 0 Å². The molecule has 2 aromatic carbocycles. The van der Waals surface area contributed by atoms with Crippen molar-refractivity contribution in [1.29, 1.82) is 0 Å². The van der Waals surface area contributed by atoms with Crippen LogP contribution >= 0.6 is 11.9 Å². The first kappa shape index (κ1) is 25.0. The molecule has 1 aliphatic carbocycles. The Morgan fingerprint density at radius 1 is 1.08 bits per heavy atom. The number of hydrogen-bond acceptors (Lipinski definition) is 7. The third-order valence-corrected chi connectivity index (χ3v) is 7.78. The number of piperidine rings is 1. The van der Waals surface area contributed by atoms with E-state index in [0.29, 0.717) is 34.6 Å². The number of anilines is 1. The molecule has 1 saturated heterocycles. The molecule has 6 nitrogen and oxygen atoms in total. The van der Waals surface area contributed by atoms with Gasteiger partial charge in [0, 0.05) is 47.7 Å². The minimum atomic E-state index is -0.420. The summed E-state index contributed by atoms with van der Waals surface area (Å²) in [5.74, 6) is 2.28. The molecule has 1 saturated carbocycles. The van der Waals surface area contributed by atoms with Crippen LogP contribution in [0.4, 0.5) is 10.1 Å². The van der Waals surface area contributed by atoms with Gasteiger partial charge in [-0.3, -0.25) is 4.98 Å². The van der Waals surface area contributed by atoms with Gasteiger partial charge in [0.1, 0.15) is 5.75 Å². The number of nitrogens with one attached hydrogen (secondary N) is 1. The molecule has 36 heavy (non-hydrogen) atoms. The fourth-order valence-electron chi connectivity index (χ4n) is 4.55. The van der Waals surface area contributed by atoms with Crippen molar-refractivity contribution < 1.29 is 18.6 Å². The zero-order valence-corrected chi connectivity index (χ0v) is 21.8. The lowest BCUT2D eigenvalue weighted by molar-refractivity contribution is 0.169. The van der Waals surface area contributed by atoms with E-state index >= 15 is 0 Å². The van der Waals surface area contributed by atoms with E-state index in [1.807, 2.05) is 18.2 Å². The van der Waals surface area contributed by atoms with Crippen LogP contribution in [0.3, 0.4) is 0 Å². The van der Waals surface area contributed by atoms with Crippen molar-refractivity contribution >= 4 is 28.5 Å². The number of nitrogens with zero attached hydrogens (tertiary/aromatic N) is 2. The Balaban J connectivity index is 1.25. The molecular weight excluding hydrogens is 477 g/mol. The number of rotatable bonds is 11. The Morgan fingerprint density at radius 2 is 1.97 bits per heavy atom. The topological polar surface area (TPSA) is 55.9 Å². The Labute approximate surface area is 216 Å². The number of aromatic nitrogens is 1. The molecule has 2 heterocycles. The van der Waals surface area contributed by atoms with Crippen molar-refractivity contribution in [3.8, 4) is 23.0 Å². The zero-order chi connectivity index (χ0) is 24.9. The van der Waals surface area contributed by atoms with E-state index < -0.39 is 5.82 Å². The molecule has 1 aromatic heterocycles. The second kappa shape index (κ2) is 11.6. The lowest BCUT2D eigenvalue weighted by atomic mass is 10.0. The molecule has 192 valence electrons. The van der Waals surface area contributed by atoms with Gasteiger partial charge in [0.25, 0.3) is 0 Å². The highest BCUT2D eigenvalue weighted by Gasteiger charge is 2.22. The van der Waals surface area contributed by atoms with Crippen LogP contribution in [-0.2, 0) is 0 Å². The molecule has 2 aliphatic rings. The lowest BCUT2D eigenvalue weighted by Gasteiger charge is -2.30. The molecule has 1 N–H and O–H groups in total. The van der Waals surface area contributed by atoms with E-state index in [-0.39, 0.29) is 5.75 Å². The first-order valence-corrected chi connectivity index (χ1v) is 13.7. The molecule has 5 rings (SSSR count). The van der Waals surface area contributed by atoms with E-state index in [9.17, 15) is 4.39 Å². The summed E-state index contributed by atoms with van der Waals surface area (Å²) in [6.07, 6.45) is 7.64. The summed E-state index contributed by atoms with van der Waals surface area (Å²) < 4.78 is 35.7. The van der Waals surface area contributed by atoms with Crippen molar-refractivity contribution in [1.82, 2.24) is 9.88 Å². The number of fused-ring (bicyclic) bond motifs is 1. The maximum Gasteiger partial charge on any atom is 0.167 e. The van der Waals surface area contributed by atoms with E-state index in [1.165, 1.54) is 44.8 Å². The highest BCUT2D eigenvalue weighted by Crippen LogP contribution is 2.39. The van der Waals surface area contributed by atoms with Gasteiger partial charge in [-0.1, -0.05) is 6.92 Å². The Hall–Kier alpha value is -2.71. The molecule has 1 aliphatic heterocycles. The number of likely N-dealkylation sites (tertiary alicyclic amines) is 1. The smallest absolute Gasteiger partial charge is 0.167 e. The third kappa shape index (κ3) is 6.34. The van der Waals surface area contributed by atoms with Gasteiger partial charge in [-0.15, -0.1) is 0 Å². The Kier molecular flexibility index (Phi) is 8.02. The first-order chi connectivity index (χ1) is 17.6. The molecule has 1 unspecified atom stereocenters. The SMILES string of the molecule is COc1cc2c(Oc3ccc(NSC4CC4)cc3F)ccnc2cc1OCCCN1CCCC(C)C1. The van der Waals surface area contributed by atoms with Gasteiger partial charge >= 0.3 is 0 Å². The monoisotopic (exact) mass is 511 g/mol. The van der Waals surface area contributed by atoms with Gasteiger partial charge in [-0.2, -0.15) is 0 Å². The van der Waals surface area contributed by atoms with Gasteiger partial charge in [0.15, 0.2) is 23.1 Å². The van der Waals surface area contributed by atoms with Crippen molar-refractivity contribution in [3.63, 3.8) is 0 Å².